The molecule has 0 bridgehead atoms. The van der Waals surface area contributed by atoms with Crippen LogP contribution in [-0.2, 0) is 0 Å². The number of unbranched alkanes of at least 4 members (excludes halogenated alkanes) is 1. The Labute approximate surface area is 121 Å². The Kier molecular flexibility index (Phi) is 4.73. The van der Waals surface area contributed by atoms with Gasteiger partial charge in [-0.25, -0.2) is 0 Å². The van der Waals surface area contributed by atoms with E-state index in [1.165, 1.54) is 11.1 Å². The molecule has 0 aromatic heterocycles. The van der Waals surface area contributed by atoms with Gasteiger partial charge in [-0.05, 0) is 43.0 Å². The van der Waals surface area contributed by atoms with Gasteiger partial charge in [0.25, 0.3) is 0 Å². The molecule has 0 aliphatic rings. The molecule has 0 spiro atoms. The van der Waals surface area contributed by atoms with Gasteiger partial charge < -0.3 is 0 Å². The third kappa shape index (κ3) is 3.36. The Morgan fingerprint density at radius 3 is 2.45 bits per heavy atom. The van der Waals surface area contributed by atoms with Gasteiger partial charge in [-0.15, -0.1) is 0 Å². The molecule has 0 aliphatic heterocycles. The predicted octanol–water partition coefficient (Wildman–Crippen LogP) is 5.34. The van der Waals surface area contributed by atoms with Gasteiger partial charge in [0.05, 0.1) is 0 Å². The average Bonchev–Trinajstić information content (AvgIpc) is 2.45. The lowest BCUT2D eigenvalue weighted by Gasteiger charge is -2.09. The van der Waals surface area contributed by atoms with Crippen LogP contribution in [0.15, 0.2) is 42.5 Å². The average molecular weight is 266 g/mol. The molecule has 0 N–H and O–H groups in total. The van der Waals surface area contributed by atoms with E-state index in [0.29, 0.717) is 6.42 Å². The third-order valence-corrected chi connectivity index (χ3v) is 3.65. The Hall–Kier alpha value is -1.89. The molecule has 20 heavy (non-hydrogen) atoms. The van der Waals surface area contributed by atoms with Crippen LogP contribution in [0.1, 0.15) is 47.7 Å². The quantitative estimate of drug-likeness (QED) is 0.667. The summed E-state index contributed by atoms with van der Waals surface area (Å²) < 4.78 is 0. The Morgan fingerprint density at radius 2 is 1.75 bits per heavy atom. The topological polar surface area (TPSA) is 17.1 Å². The predicted molar refractivity (Wildman–Crippen MR) is 85.2 cm³/mol. The number of carbonyl (C=O) groups excluding carboxylic acids is 1. The molecule has 0 amide bonds. The zero-order chi connectivity index (χ0) is 14.5. The minimum Gasteiger partial charge on any atom is -0.294 e. The fourth-order valence-electron chi connectivity index (χ4n) is 2.40. The molecule has 1 nitrogen and oxygen atoms in total. The molecule has 104 valence electrons. The highest BCUT2D eigenvalue weighted by atomic mass is 16.1. The van der Waals surface area contributed by atoms with Crippen molar-refractivity contribution in [3.05, 3.63) is 59.2 Å². The molecule has 0 radical (unpaired) electrons. The lowest BCUT2D eigenvalue weighted by molar-refractivity contribution is 0.0979. The van der Waals surface area contributed by atoms with E-state index in [2.05, 4.69) is 50.2 Å². The van der Waals surface area contributed by atoms with E-state index in [-0.39, 0.29) is 5.78 Å². The summed E-state index contributed by atoms with van der Waals surface area (Å²) in [5, 5.41) is 0. The number of aryl methyl sites for hydroxylation is 2. The van der Waals surface area contributed by atoms with Crippen molar-refractivity contribution in [3.63, 3.8) is 0 Å². The highest BCUT2D eigenvalue weighted by Crippen LogP contribution is 2.24. The fourth-order valence-corrected chi connectivity index (χ4v) is 2.40. The van der Waals surface area contributed by atoms with Crippen LogP contribution in [0, 0.1) is 13.8 Å². The minimum absolute atomic E-state index is 0.263. The van der Waals surface area contributed by atoms with Gasteiger partial charge >= 0.3 is 0 Å². The van der Waals surface area contributed by atoms with E-state index in [1.807, 2.05) is 13.0 Å². The van der Waals surface area contributed by atoms with Gasteiger partial charge in [0.2, 0.25) is 0 Å². The van der Waals surface area contributed by atoms with E-state index in [0.717, 1.165) is 29.5 Å². The van der Waals surface area contributed by atoms with Gasteiger partial charge in [-0.1, -0.05) is 55.3 Å². The molecule has 0 saturated heterocycles. The zero-order valence-corrected chi connectivity index (χ0v) is 12.6. The second-order valence-corrected chi connectivity index (χ2v) is 5.43. The van der Waals surface area contributed by atoms with Crippen molar-refractivity contribution >= 4 is 5.78 Å². The maximum Gasteiger partial charge on any atom is 0.163 e. The lowest BCUT2D eigenvalue weighted by atomic mass is 9.95. The van der Waals surface area contributed by atoms with Crippen LogP contribution in [0.2, 0.25) is 0 Å². The van der Waals surface area contributed by atoms with E-state index in [9.17, 15) is 4.79 Å². The van der Waals surface area contributed by atoms with E-state index >= 15 is 0 Å². The van der Waals surface area contributed by atoms with E-state index in [4.69, 9.17) is 0 Å². The largest absolute Gasteiger partial charge is 0.294 e. The third-order valence-electron chi connectivity index (χ3n) is 3.65. The highest BCUT2D eigenvalue weighted by molar-refractivity contribution is 5.98. The SMILES string of the molecule is CCCCC(=O)c1cc(-c2cccc(C)c2)ccc1C. The maximum absolute atomic E-state index is 12.3. The zero-order valence-electron chi connectivity index (χ0n) is 12.6. The van der Waals surface area contributed by atoms with Gasteiger partial charge in [0.1, 0.15) is 0 Å². The smallest absolute Gasteiger partial charge is 0.163 e. The highest BCUT2D eigenvalue weighted by Gasteiger charge is 2.10. The Morgan fingerprint density at radius 1 is 1.00 bits per heavy atom. The monoisotopic (exact) mass is 266 g/mol. The second-order valence-electron chi connectivity index (χ2n) is 5.43. The van der Waals surface area contributed by atoms with Crippen LogP contribution in [0.5, 0.6) is 0 Å². The summed E-state index contributed by atoms with van der Waals surface area (Å²) in [6.07, 6.45) is 2.67. The van der Waals surface area contributed by atoms with Crippen LogP contribution in [0.25, 0.3) is 11.1 Å². The van der Waals surface area contributed by atoms with E-state index < -0.39 is 0 Å². The molecule has 2 aromatic carbocycles. The van der Waals surface area contributed by atoms with Gasteiger partial charge in [0, 0.05) is 12.0 Å². The van der Waals surface area contributed by atoms with Crippen LogP contribution >= 0.6 is 0 Å². The number of rotatable bonds is 5. The molecule has 0 fully saturated rings. The molecule has 2 aromatic rings. The summed E-state index contributed by atoms with van der Waals surface area (Å²) in [6, 6.07) is 14.6. The first kappa shape index (κ1) is 14.5. The normalized spacial score (nSPS) is 10.6. The number of benzene rings is 2. The summed E-state index contributed by atoms with van der Waals surface area (Å²) in [5.74, 6) is 0.263. The van der Waals surface area contributed by atoms with Crippen LogP contribution in [0.3, 0.4) is 0 Å². The molecular formula is C19H22O. The summed E-state index contributed by atoms with van der Waals surface area (Å²) >= 11 is 0. The molecule has 0 saturated carbocycles. The molecular weight excluding hydrogens is 244 g/mol. The van der Waals surface area contributed by atoms with Crippen molar-refractivity contribution in [2.75, 3.05) is 0 Å². The minimum atomic E-state index is 0.263. The molecule has 0 unspecified atom stereocenters. The lowest BCUT2D eigenvalue weighted by Crippen LogP contribution is -2.02. The summed E-state index contributed by atoms with van der Waals surface area (Å²) in [7, 11) is 0. The van der Waals surface area contributed by atoms with Crippen LogP contribution in [-0.4, -0.2) is 5.78 Å². The number of carbonyl (C=O) groups is 1. The standard InChI is InChI=1S/C19H22O/c1-4-5-9-19(20)18-13-17(11-10-15(18)3)16-8-6-7-14(2)12-16/h6-8,10-13H,4-5,9H2,1-3H3. The van der Waals surface area contributed by atoms with Crippen molar-refractivity contribution in [1.82, 2.24) is 0 Å². The second kappa shape index (κ2) is 6.51. The van der Waals surface area contributed by atoms with Crippen molar-refractivity contribution in [2.45, 2.75) is 40.0 Å². The van der Waals surface area contributed by atoms with Crippen LogP contribution in [0.4, 0.5) is 0 Å². The number of hydrogen-bond acceptors (Lipinski definition) is 1. The van der Waals surface area contributed by atoms with Crippen molar-refractivity contribution in [1.29, 1.82) is 0 Å². The molecule has 1 heteroatoms. The Bertz CT molecular complexity index is 611. The number of ketones is 1. The van der Waals surface area contributed by atoms with Crippen molar-refractivity contribution < 1.29 is 4.79 Å². The molecule has 0 heterocycles. The first-order valence-electron chi connectivity index (χ1n) is 7.32. The summed E-state index contributed by atoms with van der Waals surface area (Å²) in [6.45, 7) is 6.22. The Balaban J connectivity index is 2.35. The van der Waals surface area contributed by atoms with E-state index in [1.54, 1.807) is 0 Å². The number of hydrogen-bond donors (Lipinski definition) is 0. The first-order valence-corrected chi connectivity index (χ1v) is 7.32. The molecule has 2 rings (SSSR count). The molecule has 0 atom stereocenters. The van der Waals surface area contributed by atoms with Crippen LogP contribution < -0.4 is 0 Å². The summed E-state index contributed by atoms with van der Waals surface area (Å²) in [4.78, 5) is 12.3. The molecule has 0 aliphatic carbocycles. The number of Topliss-reactive ketones (excluding diaryl/α,β-unsaturated/α-hetero) is 1. The van der Waals surface area contributed by atoms with Gasteiger partial charge in [-0.3, -0.25) is 4.79 Å². The van der Waals surface area contributed by atoms with Crippen molar-refractivity contribution in [3.8, 4) is 11.1 Å². The van der Waals surface area contributed by atoms with Gasteiger partial charge in [-0.2, -0.15) is 0 Å². The maximum atomic E-state index is 12.3. The summed E-state index contributed by atoms with van der Waals surface area (Å²) in [5.41, 5.74) is 5.48. The van der Waals surface area contributed by atoms with Gasteiger partial charge in [0.15, 0.2) is 5.78 Å². The fraction of sp³-hybridized carbons (Fsp3) is 0.316. The van der Waals surface area contributed by atoms with Crippen molar-refractivity contribution in [2.24, 2.45) is 0 Å². The first-order chi connectivity index (χ1) is 9.61.